The first kappa shape index (κ1) is 22.5. The number of amides is 1. The van der Waals surface area contributed by atoms with E-state index in [9.17, 15) is 9.90 Å². The number of fused-ring (bicyclic) bond motifs is 1. The minimum Gasteiger partial charge on any atom is -0.388 e. The molecule has 2 N–H and O–H groups in total. The average molecular weight is 396 g/mol. The first-order chi connectivity index (χ1) is 13.9. The van der Waals surface area contributed by atoms with E-state index in [1.54, 1.807) is 18.5 Å². The van der Waals surface area contributed by atoms with Crippen LogP contribution in [0.5, 0.6) is 0 Å². The molecule has 0 saturated heterocycles. The molecule has 0 bridgehead atoms. The van der Waals surface area contributed by atoms with Crippen LogP contribution >= 0.6 is 0 Å². The Balaban J connectivity index is 2.27. The molecule has 6 heteroatoms. The second-order valence-corrected chi connectivity index (χ2v) is 6.88. The number of carbonyl (C=O) groups is 1. The molecular formula is C23H29N3O3. The highest BCUT2D eigenvalue weighted by molar-refractivity contribution is 5.94. The van der Waals surface area contributed by atoms with Crippen molar-refractivity contribution in [3.05, 3.63) is 60.1 Å². The molecule has 0 radical (unpaired) electrons. The van der Waals surface area contributed by atoms with E-state index >= 15 is 0 Å². The maximum atomic E-state index is 11.7. The third-order valence-electron chi connectivity index (χ3n) is 4.53. The van der Waals surface area contributed by atoms with Crippen LogP contribution in [0.2, 0.25) is 0 Å². The van der Waals surface area contributed by atoms with Crippen molar-refractivity contribution in [2.45, 2.75) is 39.7 Å². The van der Waals surface area contributed by atoms with Gasteiger partial charge >= 0.3 is 0 Å². The molecule has 0 saturated carbocycles. The van der Waals surface area contributed by atoms with Gasteiger partial charge in [-0.05, 0) is 49.1 Å². The second kappa shape index (κ2) is 10.6. The minimum atomic E-state index is -0.534. The lowest BCUT2D eigenvalue weighted by molar-refractivity contribution is -0.119. The smallest absolute Gasteiger partial charge is 0.251 e. The minimum absolute atomic E-state index is 0.0224. The lowest BCUT2D eigenvalue weighted by Gasteiger charge is -2.13. The fourth-order valence-electron chi connectivity index (χ4n) is 3.05. The predicted octanol–water partition coefficient (Wildman–Crippen LogP) is 4.28. The highest BCUT2D eigenvalue weighted by Crippen LogP contribution is 2.26. The summed E-state index contributed by atoms with van der Waals surface area (Å²) < 4.78 is 4.81. The zero-order chi connectivity index (χ0) is 21.4. The maximum Gasteiger partial charge on any atom is 0.251 e. The summed E-state index contributed by atoms with van der Waals surface area (Å²) in [6, 6.07) is 3.74. The van der Waals surface area contributed by atoms with Crippen LogP contribution < -0.4 is 5.32 Å². The predicted molar refractivity (Wildman–Crippen MR) is 118 cm³/mol. The van der Waals surface area contributed by atoms with Crippen LogP contribution in [-0.2, 0) is 9.53 Å². The second-order valence-electron chi connectivity index (χ2n) is 6.88. The number of aliphatic hydroxyl groups excluding tert-OH is 1. The molecule has 0 aliphatic heterocycles. The van der Waals surface area contributed by atoms with E-state index in [2.05, 4.69) is 21.9 Å². The van der Waals surface area contributed by atoms with Crippen molar-refractivity contribution in [2.75, 3.05) is 19.0 Å². The summed E-state index contributed by atoms with van der Waals surface area (Å²) in [5, 5.41) is 14.6. The summed E-state index contributed by atoms with van der Waals surface area (Å²) in [5.74, 6) is 0.198. The van der Waals surface area contributed by atoms with E-state index < -0.39 is 6.10 Å². The number of nitrogens with one attached hydrogen (secondary N) is 1. The number of aliphatic hydroxyl groups is 1. The number of allylic oxidation sites excluding steroid dienone is 3. The lowest BCUT2D eigenvalue weighted by atomic mass is 9.97. The maximum absolute atomic E-state index is 11.7. The molecule has 2 aromatic heterocycles. The van der Waals surface area contributed by atoms with Gasteiger partial charge in [-0.3, -0.25) is 9.78 Å². The Kier molecular flexibility index (Phi) is 8.24. The van der Waals surface area contributed by atoms with E-state index in [0.29, 0.717) is 17.8 Å². The Morgan fingerprint density at radius 2 is 2.00 bits per heavy atom. The van der Waals surface area contributed by atoms with E-state index in [4.69, 9.17) is 4.74 Å². The molecule has 1 atom stereocenters. The van der Waals surface area contributed by atoms with Gasteiger partial charge in [0.25, 0.3) is 5.91 Å². The molecule has 0 aliphatic rings. The Labute approximate surface area is 172 Å². The SMILES string of the molecule is C=C(/C=C(C)\C(=C/C)c1cc2cnc(NC(=O)COC)cc2cn1)C(O)CCC. The van der Waals surface area contributed by atoms with Crippen molar-refractivity contribution in [1.82, 2.24) is 9.97 Å². The Bertz CT molecular complexity index is 948. The van der Waals surface area contributed by atoms with Gasteiger partial charge in [0.2, 0.25) is 0 Å². The molecule has 6 nitrogen and oxygen atoms in total. The third kappa shape index (κ3) is 6.07. The Morgan fingerprint density at radius 3 is 2.66 bits per heavy atom. The molecule has 0 aromatic carbocycles. The van der Waals surface area contributed by atoms with Crippen LogP contribution in [-0.4, -0.2) is 40.8 Å². The zero-order valence-corrected chi connectivity index (χ0v) is 17.5. The first-order valence-corrected chi connectivity index (χ1v) is 9.66. The Morgan fingerprint density at radius 1 is 1.31 bits per heavy atom. The monoisotopic (exact) mass is 395 g/mol. The molecule has 0 fully saturated rings. The van der Waals surface area contributed by atoms with E-state index in [1.165, 1.54) is 7.11 Å². The number of hydrogen-bond donors (Lipinski definition) is 2. The van der Waals surface area contributed by atoms with Gasteiger partial charge in [-0.25, -0.2) is 4.98 Å². The van der Waals surface area contributed by atoms with E-state index in [1.807, 2.05) is 39.0 Å². The topological polar surface area (TPSA) is 84.3 Å². The summed E-state index contributed by atoms with van der Waals surface area (Å²) >= 11 is 0. The van der Waals surface area contributed by atoms with Crippen LogP contribution in [0.3, 0.4) is 0 Å². The molecule has 154 valence electrons. The number of nitrogens with zero attached hydrogens (tertiary/aromatic N) is 2. The average Bonchev–Trinajstić information content (AvgIpc) is 2.68. The molecule has 1 amide bonds. The standard InChI is InChI=1S/C23H29N3O3/c1-6-8-21(27)16(4)9-15(3)19(7-2)20-10-17-13-25-22(11-18(17)12-24-20)26-23(28)14-29-5/h7,9-13,21,27H,4,6,8,14H2,1-3,5H3,(H,25,26,28)/b15-9-,19-7+. The van der Waals surface area contributed by atoms with Crippen molar-refractivity contribution in [2.24, 2.45) is 0 Å². The van der Waals surface area contributed by atoms with Crippen LogP contribution in [0.15, 0.2) is 54.4 Å². The molecule has 2 rings (SSSR count). The third-order valence-corrected chi connectivity index (χ3v) is 4.53. The van der Waals surface area contributed by atoms with Gasteiger partial charge in [0.15, 0.2) is 0 Å². The summed E-state index contributed by atoms with van der Waals surface area (Å²) in [5.41, 5.74) is 3.46. The van der Waals surface area contributed by atoms with Gasteiger partial charge in [-0.1, -0.05) is 32.1 Å². The van der Waals surface area contributed by atoms with E-state index in [-0.39, 0.29) is 12.5 Å². The van der Waals surface area contributed by atoms with Crippen molar-refractivity contribution >= 4 is 28.1 Å². The van der Waals surface area contributed by atoms with Gasteiger partial charge in [0, 0.05) is 30.3 Å². The zero-order valence-electron chi connectivity index (χ0n) is 17.5. The van der Waals surface area contributed by atoms with Gasteiger partial charge in [0.1, 0.15) is 12.4 Å². The number of anilines is 1. The lowest BCUT2D eigenvalue weighted by Crippen LogP contribution is -2.17. The van der Waals surface area contributed by atoms with Crippen molar-refractivity contribution in [3.63, 3.8) is 0 Å². The number of aromatic nitrogens is 2. The van der Waals surface area contributed by atoms with Crippen LogP contribution in [0.4, 0.5) is 5.82 Å². The van der Waals surface area contributed by atoms with Crippen LogP contribution in [0.25, 0.3) is 16.3 Å². The van der Waals surface area contributed by atoms with Crippen molar-refractivity contribution in [1.29, 1.82) is 0 Å². The number of pyridine rings is 2. The van der Waals surface area contributed by atoms with Gasteiger partial charge < -0.3 is 15.2 Å². The molecule has 2 heterocycles. The normalized spacial score (nSPS) is 13.4. The van der Waals surface area contributed by atoms with Crippen LogP contribution in [0.1, 0.15) is 39.3 Å². The number of ether oxygens (including phenoxy) is 1. The molecule has 0 spiro atoms. The van der Waals surface area contributed by atoms with Gasteiger partial charge in [0.05, 0.1) is 11.8 Å². The Hall–Kier alpha value is -2.83. The largest absolute Gasteiger partial charge is 0.388 e. The molecule has 29 heavy (non-hydrogen) atoms. The number of hydrogen-bond acceptors (Lipinski definition) is 5. The summed E-state index contributed by atoms with van der Waals surface area (Å²) in [6.45, 7) is 9.94. The fourth-order valence-corrected chi connectivity index (χ4v) is 3.05. The van der Waals surface area contributed by atoms with Gasteiger partial charge in [-0.2, -0.15) is 0 Å². The quantitative estimate of drug-likeness (QED) is 0.619. The summed E-state index contributed by atoms with van der Waals surface area (Å²) in [7, 11) is 1.47. The number of rotatable bonds is 9. The summed E-state index contributed by atoms with van der Waals surface area (Å²) in [6.07, 6.45) is 8.43. The van der Waals surface area contributed by atoms with Crippen molar-refractivity contribution < 1.29 is 14.6 Å². The number of carbonyl (C=O) groups excluding carboxylic acids is 1. The fraction of sp³-hybridized carbons (Fsp3) is 0.348. The molecule has 1 unspecified atom stereocenters. The van der Waals surface area contributed by atoms with E-state index in [0.717, 1.165) is 34.0 Å². The number of methoxy groups -OCH3 is 1. The molecule has 0 aliphatic carbocycles. The highest BCUT2D eigenvalue weighted by atomic mass is 16.5. The summed E-state index contributed by atoms with van der Waals surface area (Å²) in [4.78, 5) is 20.5. The van der Waals surface area contributed by atoms with Crippen molar-refractivity contribution in [3.8, 4) is 0 Å². The van der Waals surface area contributed by atoms with Gasteiger partial charge in [-0.15, -0.1) is 0 Å². The van der Waals surface area contributed by atoms with Crippen LogP contribution in [0, 0.1) is 0 Å². The molecule has 2 aromatic rings. The first-order valence-electron chi connectivity index (χ1n) is 9.66. The molecular weight excluding hydrogens is 366 g/mol. The highest BCUT2D eigenvalue weighted by Gasteiger charge is 2.11.